The zero-order valence-corrected chi connectivity index (χ0v) is 9.40. The summed E-state index contributed by atoms with van der Waals surface area (Å²) >= 11 is 1.33. The summed E-state index contributed by atoms with van der Waals surface area (Å²) in [6.45, 7) is 0.633. The van der Waals surface area contributed by atoms with Crippen LogP contribution in [0.15, 0.2) is 5.38 Å². The van der Waals surface area contributed by atoms with E-state index in [1.54, 1.807) is 5.38 Å². The molecular weight excluding hydrogens is 226 g/mol. The maximum Gasteiger partial charge on any atom is 0.355 e. The highest BCUT2D eigenvalue weighted by Gasteiger charge is 2.30. The van der Waals surface area contributed by atoms with Crippen LogP contribution in [-0.4, -0.2) is 28.6 Å². The van der Waals surface area contributed by atoms with Crippen molar-refractivity contribution >= 4 is 22.4 Å². The summed E-state index contributed by atoms with van der Waals surface area (Å²) in [4.78, 5) is 16.8. The van der Waals surface area contributed by atoms with Crippen LogP contribution in [0.4, 0.5) is 5.13 Å². The Bertz CT molecular complexity index is 434. The van der Waals surface area contributed by atoms with E-state index in [0.29, 0.717) is 19.0 Å². The Morgan fingerprint density at radius 2 is 2.50 bits per heavy atom. The Balaban J connectivity index is 2.12. The third-order valence-electron chi connectivity index (χ3n) is 2.41. The van der Waals surface area contributed by atoms with E-state index in [1.165, 1.54) is 11.3 Å². The van der Waals surface area contributed by atoms with E-state index >= 15 is 0 Å². The van der Waals surface area contributed by atoms with Gasteiger partial charge in [0.1, 0.15) is 0 Å². The molecule has 1 fully saturated rings. The standard InChI is InChI=1S/C10H11N3O2S/c11-4-1-5-13(7-2-3-7)10-12-8(6-16-10)9(14)15/h6-7H,1-3,5H2,(H,14,15). The fourth-order valence-corrected chi connectivity index (χ4v) is 2.38. The van der Waals surface area contributed by atoms with Gasteiger partial charge in [0.25, 0.3) is 0 Å². The van der Waals surface area contributed by atoms with Gasteiger partial charge >= 0.3 is 5.97 Å². The second-order valence-corrected chi connectivity index (χ2v) is 4.49. The van der Waals surface area contributed by atoms with Crippen molar-refractivity contribution < 1.29 is 9.90 Å². The van der Waals surface area contributed by atoms with Crippen LogP contribution in [0.5, 0.6) is 0 Å². The monoisotopic (exact) mass is 237 g/mol. The van der Waals surface area contributed by atoms with Gasteiger partial charge in [-0.1, -0.05) is 0 Å². The van der Waals surface area contributed by atoms with E-state index in [9.17, 15) is 4.79 Å². The molecule has 84 valence electrons. The van der Waals surface area contributed by atoms with Gasteiger partial charge in [-0.15, -0.1) is 11.3 Å². The molecule has 0 aliphatic heterocycles. The third-order valence-corrected chi connectivity index (χ3v) is 3.29. The molecule has 0 unspecified atom stereocenters. The van der Waals surface area contributed by atoms with Gasteiger partial charge < -0.3 is 10.0 Å². The van der Waals surface area contributed by atoms with Gasteiger partial charge in [-0.3, -0.25) is 0 Å². The lowest BCUT2D eigenvalue weighted by atomic mass is 10.4. The molecule has 1 aromatic rings. The molecule has 1 heterocycles. The predicted octanol–water partition coefficient (Wildman–Crippen LogP) is 1.72. The van der Waals surface area contributed by atoms with Crippen LogP contribution in [0.25, 0.3) is 0 Å². The number of hydrogen-bond acceptors (Lipinski definition) is 5. The van der Waals surface area contributed by atoms with Crippen molar-refractivity contribution in [3.05, 3.63) is 11.1 Å². The van der Waals surface area contributed by atoms with Crippen molar-refractivity contribution in [3.8, 4) is 6.07 Å². The van der Waals surface area contributed by atoms with Gasteiger partial charge in [-0.2, -0.15) is 5.26 Å². The molecule has 0 radical (unpaired) electrons. The van der Waals surface area contributed by atoms with Gasteiger partial charge in [0, 0.05) is 18.0 Å². The van der Waals surface area contributed by atoms with Crippen LogP contribution in [0, 0.1) is 11.3 Å². The van der Waals surface area contributed by atoms with Gasteiger partial charge in [-0.05, 0) is 12.8 Å². The molecule has 0 bridgehead atoms. The van der Waals surface area contributed by atoms with Crippen LogP contribution in [0.2, 0.25) is 0 Å². The van der Waals surface area contributed by atoms with Crippen LogP contribution in [-0.2, 0) is 0 Å². The minimum atomic E-state index is -1.00. The molecule has 6 heteroatoms. The molecule has 0 atom stereocenters. The molecule has 1 aromatic heterocycles. The fraction of sp³-hybridized carbons (Fsp3) is 0.500. The normalized spacial score (nSPS) is 14.4. The number of anilines is 1. The average molecular weight is 237 g/mol. The van der Waals surface area contributed by atoms with E-state index < -0.39 is 5.97 Å². The smallest absolute Gasteiger partial charge is 0.355 e. The first kappa shape index (κ1) is 10.9. The van der Waals surface area contributed by atoms with Crippen molar-refractivity contribution in [1.29, 1.82) is 5.26 Å². The van der Waals surface area contributed by atoms with Crippen molar-refractivity contribution in [2.24, 2.45) is 0 Å². The molecule has 1 aliphatic carbocycles. The molecular formula is C10H11N3O2S. The fourth-order valence-electron chi connectivity index (χ4n) is 1.49. The van der Waals surface area contributed by atoms with E-state index in [4.69, 9.17) is 10.4 Å². The number of hydrogen-bond donors (Lipinski definition) is 1. The Morgan fingerprint density at radius 3 is 3.00 bits per heavy atom. The summed E-state index contributed by atoms with van der Waals surface area (Å²) in [5.74, 6) is -1.00. The zero-order valence-electron chi connectivity index (χ0n) is 8.59. The molecule has 16 heavy (non-hydrogen) atoms. The van der Waals surface area contributed by atoms with Gasteiger partial charge in [-0.25, -0.2) is 9.78 Å². The van der Waals surface area contributed by atoms with E-state index in [-0.39, 0.29) is 5.69 Å². The lowest BCUT2D eigenvalue weighted by molar-refractivity contribution is 0.0691. The van der Waals surface area contributed by atoms with Gasteiger partial charge in [0.2, 0.25) is 0 Å². The zero-order chi connectivity index (χ0) is 11.5. The molecule has 0 aromatic carbocycles. The second kappa shape index (κ2) is 4.49. The van der Waals surface area contributed by atoms with E-state index in [0.717, 1.165) is 18.0 Å². The number of thiazole rings is 1. The van der Waals surface area contributed by atoms with Crippen molar-refractivity contribution in [2.45, 2.75) is 25.3 Å². The van der Waals surface area contributed by atoms with Crippen molar-refractivity contribution in [3.63, 3.8) is 0 Å². The number of carboxylic acids is 1. The second-order valence-electron chi connectivity index (χ2n) is 3.65. The number of carbonyl (C=O) groups is 1. The molecule has 0 amide bonds. The topological polar surface area (TPSA) is 77.2 Å². The van der Waals surface area contributed by atoms with Gasteiger partial charge in [0.05, 0.1) is 12.5 Å². The average Bonchev–Trinajstić information content (AvgIpc) is 2.96. The first-order valence-corrected chi connectivity index (χ1v) is 5.92. The number of nitriles is 1. The Labute approximate surface area is 96.9 Å². The number of aromatic carboxylic acids is 1. The Kier molecular flexibility index (Phi) is 3.06. The maximum atomic E-state index is 10.7. The molecule has 2 rings (SSSR count). The summed E-state index contributed by atoms with van der Waals surface area (Å²) in [5.41, 5.74) is 0.0857. The largest absolute Gasteiger partial charge is 0.476 e. The third kappa shape index (κ3) is 2.31. The molecule has 0 spiro atoms. The lowest BCUT2D eigenvalue weighted by Crippen LogP contribution is -2.26. The Hall–Kier alpha value is -1.61. The minimum absolute atomic E-state index is 0.0857. The number of carboxylic acid groups (broad SMARTS) is 1. The lowest BCUT2D eigenvalue weighted by Gasteiger charge is -2.19. The summed E-state index contributed by atoms with van der Waals surface area (Å²) < 4.78 is 0. The highest BCUT2D eigenvalue weighted by Crippen LogP contribution is 2.33. The summed E-state index contributed by atoms with van der Waals surface area (Å²) in [7, 11) is 0. The molecule has 0 saturated heterocycles. The van der Waals surface area contributed by atoms with Crippen LogP contribution in [0.1, 0.15) is 29.8 Å². The molecule has 1 N–H and O–H groups in total. The maximum absolute atomic E-state index is 10.7. The highest BCUT2D eigenvalue weighted by atomic mass is 32.1. The quantitative estimate of drug-likeness (QED) is 0.843. The van der Waals surface area contributed by atoms with Crippen LogP contribution < -0.4 is 4.90 Å². The first-order chi connectivity index (χ1) is 7.72. The Morgan fingerprint density at radius 1 is 1.75 bits per heavy atom. The highest BCUT2D eigenvalue weighted by molar-refractivity contribution is 7.13. The summed E-state index contributed by atoms with van der Waals surface area (Å²) in [6, 6.07) is 2.54. The van der Waals surface area contributed by atoms with E-state index in [2.05, 4.69) is 11.1 Å². The predicted molar refractivity (Wildman–Crippen MR) is 59.7 cm³/mol. The summed E-state index contributed by atoms with van der Waals surface area (Å²) in [5, 5.41) is 19.6. The van der Waals surface area contributed by atoms with Crippen LogP contribution >= 0.6 is 11.3 Å². The van der Waals surface area contributed by atoms with Crippen molar-refractivity contribution in [1.82, 2.24) is 4.98 Å². The molecule has 1 aliphatic rings. The number of nitrogens with zero attached hydrogens (tertiary/aromatic N) is 3. The molecule has 1 saturated carbocycles. The SMILES string of the molecule is N#CCCN(c1nc(C(=O)O)cs1)C1CC1. The molecule has 5 nitrogen and oxygen atoms in total. The minimum Gasteiger partial charge on any atom is -0.476 e. The number of rotatable bonds is 5. The number of aromatic nitrogens is 1. The van der Waals surface area contributed by atoms with E-state index in [1.807, 2.05) is 4.90 Å². The first-order valence-electron chi connectivity index (χ1n) is 5.05. The van der Waals surface area contributed by atoms with Crippen molar-refractivity contribution in [2.75, 3.05) is 11.4 Å². The van der Waals surface area contributed by atoms with Crippen LogP contribution in [0.3, 0.4) is 0 Å². The summed E-state index contributed by atoms with van der Waals surface area (Å²) in [6.07, 6.45) is 2.65. The van der Waals surface area contributed by atoms with Gasteiger partial charge in [0.15, 0.2) is 10.8 Å².